The zero-order valence-electron chi connectivity index (χ0n) is 12.4. The van der Waals surface area contributed by atoms with Crippen molar-refractivity contribution in [3.05, 3.63) is 24.3 Å². The van der Waals surface area contributed by atoms with Crippen LogP contribution >= 0.6 is 0 Å². The minimum absolute atomic E-state index is 0.252. The highest BCUT2D eigenvalue weighted by molar-refractivity contribution is 5.55. The number of imidazole rings is 1. The van der Waals surface area contributed by atoms with Gasteiger partial charge in [-0.2, -0.15) is 0 Å². The summed E-state index contributed by atoms with van der Waals surface area (Å²) in [7, 11) is 1.69. The van der Waals surface area contributed by atoms with Crippen molar-refractivity contribution in [1.82, 2.24) is 19.5 Å². The number of aromatic nitrogens is 4. The quantitative estimate of drug-likeness (QED) is 0.905. The third kappa shape index (κ3) is 2.65. The number of rotatable bonds is 5. The fourth-order valence-electron chi connectivity index (χ4n) is 2.18. The van der Waals surface area contributed by atoms with E-state index in [-0.39, 0.29) is 5.95 Å². The number of anilines is 1. The van der Waals surface area contributed by atoms with E-state index >= 15 is 0 Å². The SMILES string of the molecule is CCCc1ncc(-c2ccnc(N)n2)n1C(C)(C)OC. The van der Waals surface area contributed by atoms with E-state index in [1.165, 1.54) is 0 Å². The third-order valence-corrected chi connectivity index (χ3v) is 3.28. The van der Waals surface area contributed by atoms with Crippen LogP contribution < -0.4 is 5.73 Å². The minimum atomic E-state index is -0.504. The second-order valence-electron chi connectivity index (χ2n) is 5.10. The summed E-state index contributed by atoms with van der Waals surface area (Å²) in [5.41, 5.74) is 6.80. The van der Waals surface area contributed by atoms with Crippen molar-refractivity contribution in [2.75, 3.05) is 12.8 Å². The molecule has 0 unspecified atom stereocenters. The maximum absolute atomic E-state index is 5.67. The summed E-state index contributed by atoms with van der Waals surface area (Å²) in [6.45, 7) is 6.13. The summed E-state index contributed by atoms with van der Waals surface area (Å²) in [5, 5.41) is 0. The lowest BCUT2D eigenvalue weighted by molar-refractivity contribution is -0.0459. The van der Waals surface area contributed by atoms with E-state index in [0.717, 1.165) is 30.1 Å². The van der Waals surface area contributed by atoms with Gasteiger partial charge in [-0.15, -0.1) is 0 Å². The lowest BCUT2D eigenvalue weighted by atomic mass is 10.2. The zero-order valence-corrected chi connectivity index (χ0v) is 12.4. The highest BCUT2D eigenvalue weighted by atomic mass is 16.5. The molecule has 0 spiro atoms. The molecule has 2 aromatic rings. The molecular formula is C14H21N5O. The van der Waals surface area contributed by atoms with Crippen molar-refractivity contribution >= 4 is 5.95 Å². The Balaban J connectivity index is 2.59. The van der Waals surface area contributed by atoms with Crippen molar-refractivity contribution in [1.29, 1.82) is 0 Å². The van der Waals surface area contributed by atoms with Gasteiger partial charge in [0.15, 0.2) is 0 Å². The Morgan fingerprint density at radius 3 is 2.70 bits per heavy atom. The van der Waals surface area contributed by atoms with Gasteiger partial charge < -0.3 is 10.5 Å². The number of hydrogen-bond acceptors (Lipinski definition) is 5. The van der Waals surface area contributed by atoms with Gasteiger partial charge in [0.25, 0.3) is 0 Å². The van der Waals surface area contributed by atoms with Crippen LogP contribution in [0.1, 0.15) is 33.0 Å². The van der Waals surface area contributed by atoms with E-state index in [2.05, 4.69) is 26.4 Å². The maximum Gasteiger partial charge on any atom is 0.220 e. The number of aryl methyl sites for hydroxylation is 1. The van der Waals surface area contributed by atoms with Crippen LogP contribution in [-0.4, -0.2) is 26.6 Å². The largest absolute Gasteiger partial charge is 0.368 e. The Kier molecular flexibility index (Phi) is 4.04. The number of nitrogen functional groups attached to an aromatic ring is 1. The summed E-state index contributed by atoms with van der Waals surface area (Å²) < 4.78 is 7.68. The topological polar surface area (TPSA) is 78.9 Å². The first kappa shape index (κ1) is 14.5. The van der Waals surface area contributed by atoms with Gasteiger partial charge in [0.1, 0.15) is 11.5 Å². The standard InChI is InChI=1S/C14H21N5O/c1-5-6-12-17-9-11(19(12)14(2,3)20-4)10-7-8-16-13(15)18-10/h7-9H,5-6H2,1-4H3,(H2,15,16,18). The lowest BCUT2D eigenvalue weighted by Gasteiger charge is -2.29. The molecule has 0 bridgehead atoms. The third-order valence-electron chi connectivity index (χ3n) is 3.28. The lowest BCUT2D eigenvalue weighted by Crippen LogP contribution is -2.31. The molecule has 2 aromatic heterocycles. The molecule has 0 aromatic carbocycles. The second-order valence-corrected chi connectivity index (χ2v) is 5.10. The molecule has 0 radical (unpaired) electrons. The molecular weight excluding hydrogens is 254 g/mol. The first-order chi connectivity index (χ1) is 9.49. The monoisotopic (exact) mass is 275 g/mol. The molecule has 6 nitrogen and oxygen atoms in total. The van der Waals surface area contributed by atoms with Crippen molar-refractivity contribution in [2.24, 2.45) is 0 Å². The Labute approximate surface area is 119 Å². The normalized spacial score (nSPS) is 11.8. The van der Waals surface area contributed by atoms with Crippen molar-refractivity contribution < 1.29 is 4.74 Å². The number of ether oxygens (including phenoxy) is 1. The average molecular weight is 275 g/mol. The Morgan fingerprint density at radius 1 is 1.35 bits per heavy atom. The van der Waals surface area contributed by atoms with Crippen LogP contribution in [0, 0.1) is 0 Å². The van der Waals surface area contributed by atoms with Crippen molar-refractivity contribution in [3.8, 4) is 11.4 Å². The molecule has 0 aliphatic heterocycles. The Hall–Kier alpha value is -1.95. The van der Waals surface area contributed by atoms with Crippen LogP contribution in [0.2, 0.25) is 0 Å². The van der Waals surface area contributed by atoms with Crippen LogP contribution in [0.4, 0.5) is 5.95 Å². The predicted molar refractivity (Wildman–Crippen MR) is 78.0 cm³/mol. The number of hydrogen-bond donors (Lipinski definition) is 1. The smallest absolute Gasteiger partial charge is 0.220 e. The Morgan fingerprint density at radius 2 is 2.10 bits per heavy atom. The van der Waals surface area contributed by atoms with Crippen LogP contribution in [-0.2, 0) is 16.9 Å². The molecule has 2 rings (SSSR count). The zero-order chi connectivity index (χ0) is 14.8. The number of methoxy groups -OCH3 is 1. The molecule has 6 heteroatoms. The van der Waals surface area contributed by atoms with Crippen LogP contribution in [0.15, 0.2) is 18.5 Å². The molecule has 0 atom stereocenters. The van der Waals surface area contributed by atoms with Gasteiger partial charge in [0, 0.05) is 19.7 Å². The van der Waals surface area contributed by atoms with Gasteiger partial charge in [0.2, 0.25) is 5.95 Å². The number of nitrogens with zero attached hydrogens (tertiary/aromatic N) is 4. The molecule has 20 heavy (non-hydrogen) atoms. The van der Waals surface area contributed by atoms with Gasteiger partial charge in [-0.3, -0.25) is 4.57 Å². The molecule has 2 heterocycles. The summed E-state index contributed by atoms with van der Waals surface area (Å²) >= 11 is 0. The van der Waals surface area contributed by atoms with Gasteiger partial charge in [0.05, 0.1) is 17.6 Å². The van der Waals surface area contributed by atoms with Gasteiger partial charge in [-0.05, 0) is 26.3 Å². The molecule has 0 saturated heterocycles. The van der Waals surface area contributed by atoms with E-state index in [4.69, 9.17) is 10.5 Å². The second kappa shape index (κ2) is 5.58. The first-order valence-corrected chi connectivity index (χ1v) is 6.70. The van der Waals surface area contributed by atoms with Crippen LogP contribution in [0.3, 0.4) is 0 Å². The highest BCUT2D eigenvalue weighted by Gasteiger charge is 2.26. The minimum Gasteiger partial charge on any atom is -0.368 e. The van der Waals surface area contributed by atoms with E-state index in [1.807, 2.05) is 26.1 Å². The summed E-state index contributed by atoms with van der Waals surface area (Å²) in [6.07, 6.45) is 5.36. The highest BCUT2D eigenvalue weighted by Crippen LogP contribution is 2.28. The average Bonchev–Trinajstić information content (AvgIpc) is 2.84. The van der Waals surface area contributed by atoms with E-state index in [9.17, 15) is 0 Å². The summed E-state index contributed by atoms with van der Waals surface area (Å²) in [6, 6.07) is 1.82. The van der Waals surface area contributed by atoms with Crippen LogP contribution in [0.5, 0.6) is 0 Å². The molecule has 0 saturated carbocycles. The van der Waals surface area contributed by atoms with Gasteiger partial charge in [-0.25, -0.2) is 15.0 Å². The molecule has 0 fully saturated rings. The van der Waals surface area contributed by atoms with E-state index < -0.39 is 5.72 Å². The van der Waals surface area contributed by atoms with E-state index in [0.29, 0.717) is 0 Å². The maximum atomic E-state index is 5.67. The van der Waals surface area contributed by atoms with Crippen LogP contribution in [0.25, 0.3) is 11.4 Å². The van der Waals surface area contributed by atoms with Gasteiger partial charge >= 0.3 is 0 Å². The predicted octanol–water partition coefficient (Wildman–Crippen LogP) is 2.21. The summed E-state index contributed by atoms with van der Waals surface area (Å²) in [4.78, 5) is 12.7. The van der Waals surface area contributed by atoms with Crippen molar-refractivity contribution in [2.45, 2.75) is 39.3 Å². The fourth-order valence-corrected chi connectivity index (χ4v) is 2.18. The van der Waals surface area contributed by atoms with Crippen molar-refractivity contribution in [3.63, 3.8) is 0 Å². The molecule has 0 aliphatic carbocycles. The molecule has 2 N–H and O–H groups in total. The Bertz CT molecular complexity index is 591. The number of nitrogens with two attached hydrogens (primary N) is 1. The fraction of sp³-hybridized carbons (Fsp3) is 0.500. The molecule has 0 amide bonds. The summed E-state index contributed by atoms with van der Waals surface area (Å²) in [5.74, 6) is 1.23. The first-order valence-electron chi connectivity index (χ1n) is 6.70. The van der Waals surface area contributed by atoms with Gasteiger partial charge in [-0.1, -0.05) is 6.92 Å². The van der Waals surface area contributed by atoms with E-state index in [1.54, 1.807) is 13.3 Å². The molecule has 0 aliphatic rings. The molecule has 108 valence electrons.